The van der Waals surface area contributed by atoms with Gasteiger partial charge in [0, 0.05) is 25.1 Å². The van der Waals surface area contributed by atoms with Crippen molar-refractivity contribution in [2.75, 3.05) is 31.2 Å². The summed E-state index contributed by atoms with van der Waals surface area (Å²) in [5.41, 5.74) is 2.03. The molecule has 2 aromatic rings. The molecule has 1 aliphatic heterocycles. The molecule has 32 heavy (non-hydrogen) atoms. The van der Waals surface area contributed by atoms with Crippen molar-refractivity contribution in [2.45, 2.75) is 33.6 Å². The lowest BCUT2D eigenvalue weighted by molar-refractivity contribution is -0.122. The van der Waals surface area contributed by atoms with Crippen molar-refractivity contribution in [3.05, 3.63) is 53.6 Å². The van der Waals surface area contributed by atoms with Gasteiger partial charge in [0.15, 0.2) is 19.0 Å². The van der Waals surface area contributed by atoms with Crippen LogP contribution < -0.4 is 19.7 Å². The maximum atomic E-state index is 12.7. The molecule has 3 rings (SSSR count). The van der Waals surface area contributed by atoms with E-state index in [1.807, 2.05) is 39.0 Å². The Morgan fingerprint density at radius 1 is 1.19 bits per heavy atom. The van der Waals surface area contributed by atoms with Crippen LogP contribution in [0.25, 0.3) is 0 Å². The molecule has 0 atom stereocenters. The van der Waals surface area contributed by atoms with Crippen molar-refractivity contribution in [3.8, 4) is 11.5 Å². The van der Waals surface area contributed by atoms with E-state index >= 15 is 0 Å². The fourth-order valence-electron chi connectivity index (χ4n) is 3.36. The molecule has 0 unspecified atom stereocenters. The van der Waals surface area contributed by atoms with Crippen LogP contribution in [0.2, 0.25) is 0 Å². The van der Waals surface area contributed by atoms with E-state index in [0.29, 0.717) is 54.6 Å². The van der Waals surface area contributed by atoms with Gasteiger partial charge in [0.1, 0.15) is 11.5 Å². The number of nitrogens with zero attached hydrogens (tertiary/aromatic N) is 1. The molecule has 1 N–H and O–H groups in total. The monoisotopic (exact) mass is 438 g/mol. The van der Waals surface area contributed by atoms with Crippen molar-refractivity contribution in [3.63, 3.8) is 0 Å². The molecule has 0 aliphatic carbocycles. The number of benzene rings is 2. The highest BCUT2D eigenvalue weighted by molar-refractivity contribution is 6.02. The minimum atomic E-state index is -0.194. The van der Waals surface area contributed by atoms with E-state index in [0.717, 1.165) is 5.56 Å². The second kappa shape index (κ2) is 10.8. The van der Waals surface area contributed by atoms with Gasteiger partial charge in [-0.05, 0) is 55.2 Å². The highest BCUT2D eigenvalue weighted by atomic mass is 16.5. The molecule has 0 fully saturated rings. The molecular weight excluding hydrogens is 408 g/mol. The summed E-state index contributed by atoms with van der Waals surface area (Å²) in [6.07, 6.45) is 0.847. The Labute approximate surface area is 188 Å². The number of fused-ring (bicyclic) bond motifs is 1. The summed E-state index contributed by atoms with van der Waals surface area (Å²) < 4.78 is 11.1. The third-order valence-electron chi connectivity index (χ3n) is 5.08. The van der Waals surface area contributed by atoms with Crippen LogP contribution in [-0.2, 0) is 9.59 Å². The summed E-state index contributed by atoms with van der Waals surface area (Å²) >= 11 is 0. The molecule has 0 saturated heterocycles. The van der Waals surface area contributed by atoms with Crippen molar-refractivity contribution in [1.82, 2.24) is 5.32 Å². The Bertz CT molecular complexity index is 986. The molecule has 1 aliphatic rings. The first-order chi connectivity index (χ1) is 15.3. The van der Waals surface area contributed by atoms with Crippen LogP contribution in [0, 0.1) is 12.8 Å². The molecule has 0 radical (unpaired) electrons. The van der Waals surface area contributed by atoms with Crippen molar-refractivity contribution in [2.24, 2.45) is 5.92 Å². The summed E-state index contributed by atoms with van der Waals surface area (Å²) in [7, 11) is 0. The molecule has 7 heteroatoms. The van der Waals surface area contributed by atoms with Gasteiger partial charge in [-0.2, -0.15) is 0 Å². The largest absolute Gasteiger partial charge is 0.485 e. The highest BCUT2D eigenvalue weighted by Gasteiger charge is 2.26. The van der Waals surface area contributed by atoms with Crippen molar-refractivity contribution < 1.29 is 23.9 Å². The van der Waals surface area contributed by atoms with Crippen LogP contribution in [0.5, 0.6) is 11.5 Å². The van der Waals surface area contributed by atoms with Gasteiger partial charge in [-0.1, -0.05) is 26.0 Å². The number of amides is 2. The van der Waals surface area contributed by atoms with Gasteiger partial charge in [0.2, 0.25) is 5.91 Å². The number of hydrogen-bond acceptors (Lipinski definition) is 5. The van der Waals surface area contributed by atoms with E-state index in [4.69, 9.17) is 9.47 Å². The lowest BCUT2D eigenvalue weighted by Gasteiger charge is -2.29. The summed E-state index contributed by atoms with van der Waals surface area (Å²) in [4.78, 5) is 38.7. The molecule has 2 amide bonds. The van der Waals surface area contributed by atoms with E-state index in [1.165, 1.54) is 0 Å². The van der Waals surface area contributed by atoms with Gasteiger partial charge in [-0.25, -0.2) is 0 Å². The standard InChI is InChI=1S/C25H30N2O5/c1-17(2)14-26-24(29)8-5-11-27-21-13-19(9-10-23(21)32-16-25(27)30)22(28)15-31-20-7-4-6-18(3)12-20/h4,6-7,9-10,12-13,17H,5,8,11,14-16H2,1-3H3,(H,26,29). The maximum Gasteiger partial charge on any atom is 0.265 e. The van der Waals surface area contributed by atoms with Gasteiger partial charge in [0.25, 0.3) is 5.91 Å². The first-order valence-electron chi connectivity index (χ1n) is 10.9. The van der Waals surface area contributed by atoms with Crippen LogP contribution in [0.3, 0.4) is 0 Å². The molecule has 0 bridgehead atoms. The minimum Gasteiger partial charge on any atom is -0.485 e. The number of aryl methyl sites for hydroxylation is 1. The quantitative estimate of drug-likeness (QED) is 0.574. The third kappa shape index (κ3) is 6.33. The average molecular weight is 439 g/mol. The highest BCUT2D eigenvalue weighted by Crippen LogP contribution is 2.33. The zero-order valence-corrected chi connectivity index (χ0v) is 18.8. The number of carbonyl (C=O) groups excluding carboxylic acids is 3. The fourth-order valence-corrected chi connectivity index (χ4v) is 3.36. The van der Waals surface area contributed by atoms with E-state index in [9.17, 15) is 14.4 Å². The Hall–Kier alpha value is -3.35. The zero-order chi connectivity index (χ0) is 23.1. The third-order valence-corrected chi connectivity index (χ3v) is 5.08. The molecule has 0 saturated carbocycles. The van der Waals surface area contributed by atoms with Gasteiger partial charge in [0.05, 0.1) is 5.69 Å². The van der Waals surface area contributed by atoms with Gasteiger partial charge in [-0.3, -0.25) is 14.4 Å². The van der Waals surface area contributed by atoms with Crippen LogP contribution >= 0.6 is 0 Å². The van der Waals surface area contributed by atoms with Crippen LogP contribution in [-0.4, -0.2) is 43.9 Å². The number of hydrogen-bond donors (Lipinski definition) is 1. The first kappa shape index (κ1) is 23.3. The number of ether oxygens (including phenoxy) is 2. The molecule has 0 aromatic heterocycles. The first-order valence-corrected chi connectivity index (χ1v) is 10.9. The average Bonchev–Trinajstić information content (AvgIpc) is 2.77. The molecule has 2 aromatic carbocycles. The summed E-state index contributed by atoms with van der Waals surface area (Å²) in [6, 6.07) is 12.5. The molecule has 170 valence electrons. The topological polar surface area (TPSA) is 84.9 Å². The van der Waals surface area contributed by atoms with Gasteiger partial charge >= 0.3 is 0 Å². The predicted octanol–water partition coefficient (Wildman–Crippen LogP) is 3.53. The normalized spacial score (nSPS) is 12.9. The van der Waals surface area contributed by atoms with Crippen LogP contribution in [0.1, 0.15) is 42.6 Å². The fraction of sp³-hybridized carbons (Fsp3) is 0.400. The van der Waals surface area contributed by atoms with E-state index in [-0.39, 0.29) is 30.8 Å². The second-order valence-corrected chi connectivity index (χ2v) is 8.35. The number of rotatable bonds is 10. The maximum absolute atomic E-state index is 12.7. The molecule has 0 spiro atoms. The van der Waals surface area contributed by atoms with Crippen molar-refractivity contribution in [1.29, 1.82) is 0 Å². The number of carbonyl (C=O) groups is 3. The van der Waals surface area contributed by atoms with E-state index in [2.05, 4.69) is 5.32 Å². The number of Topliss-reactive ketones (excluding diaryl/α,β-unsaturated/α-hetero) is 1. The van der Waals surface area contributed by atoms with Crippen molar-refractivity contribution >= 4 is 23.3 Å². The summed E-state index contributed by atoms with van der Waals surface area (Å²) in [6.45, 7) is 6.87. The number of ketones is 1. The summed E-state index contributed by atoms with van der Waals surface area (Å²) in [5.74, 6) is 1.15. The SMILES string of the molecule is Cc1cccc(OCC(=O)c2ccc3c(c2)N(CCCC(=O)NCC(C)C)C(=O)CO3)c1. The Morgan fingerprint density at radius 2 is 2.00 bits per heavy atom. The summed E-state index contributed by atoms with van der Waals surface area (Å²) in [5, 5.41) is 2.88. The molecular formula is C25H30N2O5. The minimum absolute atomic E-state index is 0.0307. The van der Waals surface area contributed by atoms with E-state index in [1.54, 1.807) is 29.2 Å². The Kier molecular flexibility index (Phi) is 7.87. The van der Waals surface area contributed by atoms with Crippen LogP contribution in [0.4, 0.5) is 5.69 Å². The lowest BCUT2D eigenvalue weighted by Crippen LogP contribution is -2.40. The van der Waals surface area contributed by atoms with Gasteiger partial charge < -0.3 is 19.7 Å². The number of nitrogens with one attached hydrogen (secondary N) is 1. The molecule has 7 nitrogen and oxygen atoms in total. The predicted molar refractivity (Wildman–Crippen MR) is 122 cm³/mol. The zero-order valence-electron chi connectivity index (χ0n) is 18.8. The Morgan fingerprint density at radius 3 is 2.75 bits per heavy atom. The Balaban J connectivity index is 1.63. The lowest BCUT2D eigenvalue weighted by atomic mass is 10.1. The number of anilines is 1. The second-order valence-electron chi connectivity index (χ2n) is 8.35. The van der Waals surface area contributed by atoms with Gasteiger partial charge in [-0.15, -0.1) is 0 Å². The van der Waals surface area contributed by atoms with E-state index < -0.39 is 0 Å². The van der Waals surface area contributed by atoms with Crippen LogP contribution in [0.15, 0.2) is 42.5 Å². The smallest absolute Gasteiger partial charge is 0.265 e. The molecule has 1 heterocycles.